The number of nitrogens with one attached hydrogen (secondary N) is 2. The zero-order valence-electron chi connectivity index (χ0n) is 16.5. The van der Waals surface area contributed by atoms with Crippen LogP contribution in [0.1, 0.15) is 29.4 Å². The van der Waals surface area contributed by atoms with Crippen molar-refractivity contribution >= 4 is 41.3 Å². The molecule has 0 saturated heterocycles. The molecule has 1 atom stereocenters. The van der Waals surface area contributed by atoms with Gasteiger partial charge in [-0.3, -0.25) is 0 Å². The number of rotatable bonds is 8. The van der Waals surface area contributed by atoms with E-state index in [1.54, 1.807) is 18.4 Å². The quantitative estimate of drug-likeness (QED) is 0.324. The SMILES string of the molecule is CCNC(=NCc1sc(C)nc1C)NCC(C)Oc1cccc(OC)c1.I. The molecule has 1 aromatic heterocycles. The molecule has 0 saturated carbocycles. The average molecular weight is 504 g/mol. The van der Waals surface area contributed by atoms with Gasteiger partial charge in [0, 0.05) is 17.5 Å². The first kappa shape index (κ1) is 23.5. The first-order valence-electron chi connectivity index (χ1n) is 8.77. The third-order valence-corrected chi connectivity index (χ3v) is 4.72. The zero-order chi connectivity index (χ0) is 18.9. The van der Waals surface area contributed by atoms with Crippen LogP contribution in [0, 0.1) is 13.8 Å². The number of aliphatic imine (C=N–C) groups is 1. The highest BCUT2D eigenvalue weighted by atomic mass is 127. The number of hydrogen-bond donors (Lipinski definition) is 2. The van der Waals surface area contributed by atoms with E-state index in [-0.39, 0.29) is 30.1 Å². The van der Waals surface area contributed by atoms with Gasteiger partial charge in [-0.05, 0) is 39.8 Å². The van der Waals surface area contributed by atoms with E-state index < -0.39 is 0 Å². The van der Waals surface area contributed by atoms with Gasteiger partial charge in [0.05, 0.1) is 30.9 Å². The van der Waals surface area contributed by atoms with E-state index in [2.05, 4.69) is 27.5 Å². The van der Waals surface area contributed by atoms with Gasteiger partial charge in [0.2, 0.25) is 0 Å². The Morgan fingerprint density at radius 2 is 2.00 bits per heavy atom. The lowest BCUT2D eigenvalue weighted by Crippen LogP contribution is -2.41. The van der Waals surface area contributed by atoms with Crippen LogP contribution < -0.4 is 20.1 Å². The molecule has 0 aliphatic heterocycles. The summed E-state index contributed by atoms with van der Waals surface area (Å²) < 4.78 is 11.2. The number of nitrogens with zero attached hydrogens (tertiary/aromatic N) is 2. The maximum atomic E-state index is 5.94. The van der Waals surface area contributed by atoms with E-state index in [1.165, 1.54) is 4.88 Å². The summed E-state index contributed by atoms with van der Waals surface area (Å²) >= 11 is 1.69. The van der Waals surface area contributed by atoms with Crippen molar-refractivity contribution in [3.63, 3.8) is 0 Å². The minimum Gasteiger partial charge on any atom is -0.497 e. The van der Waals surface area contributed by atoms with Crippen molar-refractivity contribution in [1.29, 1.82) is 0 Å². The molecular formula is C19H29IN4O2S. The van der Waals surface area contributed by atoms with Gasteiger partial charge in [0.1, 0.15) is 17.6 Å². The Morgan fingerprint density at radius 3 is 2.63 bits per heavy atom. The molecule has 2 N–H and O–H groups in total. The van der Waals surface area contributed by atoms with Crippen molar-refractivity contribution in [2.75, 3.05) is 20.2 Å². The normalized spacial score (nSPS) is 12.1. The van der Waals surface area contributed by atoms with Crippen molar-refractivity contribution in [2.45, 2.75) is 40.3 Å². The lowest BCUT2D eigenvalue weighted by Gasteiger charge is -2.18. The predicted molar refractivity (Wildman–Crippen MR) is 123 cm³/mol. The van der Waals surface area contributed by atoms with Crippen LogP contribution in [0.15, 0.2) is 29.3 Å². The fourth-order valence-electron chi connectivity index (χ4n) is 2.40. The second-order valence-electron chi connectivity index (χ2n) is 5.92. The predicted octanol–water partition coefficient (Wildman–Crippen LogP) is 3.91. The smallest absolute Gasteiger partial charge is 0.191 e. The molecule has 6 nitrogen and oxygen atoms in total. The molecule has 0 radical (unpaired) electrons. The van der Waals surface area contributed by atoms with Crippen LogP contribution >= 0.6 is 35.3 Å². The van der Waals surface area contributed by atoms with Gasteiger partial charge >= 0.3 is 0 Å². The van der Waals surface area contributed by atoms with Crippen molar-refractivity contribution in [1.82, 2.24) is 15.6 Å². The number of methoxy groups -OCH3 is 1. The number of aryl methyl sites for hydroxylation is 2. The van der Waals surface area contributed by atoms with Crippen LogP contribution in [-0.4, -0.2) is 37.2 Å². The summed E-state index contributed by atoms with van der Waals surface area (Å²) in [4.78, 5) is 10.3. The van der Waals surface area contributed by atoms with E-state index in [0.717, 1.165) is 34.7 Å². The molecule has 8 heteroatoms. The van der Waals surface area contributed by atoms with Gasteiger partial charge in [-0.1, -0.05) is 6.07 Å². The summed E-state index contributed by atoms with van der Waals surface area (Å²) in [5.41, 5.74) is 1.06. The summed E-state index contributed by atoms with van der Waals surface area (Å²) in [6.45, 7) is 10.2. The molecule has 0 aliphatic rings. The third-order valence-electron chi connectivity index (χ3n) is 3.66. The minimum atomic E-state index is -0.0154. The molecule has 0 aliphatic carbocycles. The Bertz CT molecular complexity index is 736. The summed E-state index contributed by atoms with van der Waals surface area (Å²) in [5.74, 6) is 2.35. The molecule has 0 spiro atoms. The fourth-order valence-corrected chi connectivity index (χ4v) is 3.26. The van der Waals surface area contributed by atoms with Gasteiger partial charge < -0.3 is 20.1 Å². The monoisotopic (exact) mass is 504 g/mol. The summed E-state index contributed by atoms with van der Waals surface area (Å²) in [6, 6.07) is 7.62. The Kier molecular flexibility index (Phi) is 10.5. The maximum absolute atomic E-state index is 5.94. The second kappa shape index (κ2) is 12.0. The van der Waals surface area contributed by atoms with Crippen molar-refractivity contribution in [3.05, 3.63) is 39.8 Å². The Morgan fingerprint density at radius 1 is 1.26 bits per heavy atom. The lowest BCUT2D eigenvalue weighted by molar-refractivity contribution is 0.223. The van der Waals surface area contributed by atoms with Gasteiger partial charge in [-0.2, -0.15) is 0 Å². The van der Waals surface area contributed by atoms with Crippen molar-refractivity contribution in [3.8, 4) is 11.5 Å². The lowest BCUT2D eigenvalue weighted by atomic mass is 10.3. The molecular weight excluding hydrogens is 475 g/mol. The van der Waals surface area contributed by atoms with Gasteiger partial charge in [0.15, 0.2) is 5.96 Å². The minimum absolute atomic E-state index is 0. The molecule has 150 valence electrons. The molecule has 0 amide bonds. The first-order chi connectivity index (χ1) is 12.5. The second-order valence-corrected chi connectivity index (χ2v) is 7.21. The fraction of sp³-hybridized carbons (Fsp3) is 0.474. The summed E-state index contributed by atoms with van der Waals surface area (Å²) in [5, 5.41) is 7.67. The molecule has 2 aromatic rings. The van der Waals surface area contributed by atoms with Gasteiger partial charge in [-0.25, -0.2) is 9.98 Å². The zero-order valence-corrected chi connectivity index (χ0v) is 19.7. The topological polar surface area (TPSA) is 67.8 Å². The Labute approximate surface area is 182 Å². The Balaban J connectivity index is 0.00000364. The van der Waals surface area contributed by atoms with Crippen LogP contribution in [0.25, 0.3) is 0 Å². The maximum Gasteiger partial charge on any atom is 0.191 e. The number of halogens is 1. The van der Waals surface area contributed by atoms with Gasteiger partial charge in [0.25, 0.3) is 0 Å². The van der Waals surface area contributed by atoms with E-state index in [0.29, 0.717) is 13.1 Å². The van der Waals surface area contributed by atoms with Crippen LogP contribution in [0.3, 0.4) is 0 Å². The number of hydrogen-bond acceptors (Lipinski definition) is 5. The number of ether oxygens (including phenoxy) is 2. The molecule has 1 unspecified atom stereocenters. The van der Waals surface area contributed by atoms with Crippen LogP contribution in [-0.2, 0) is 6.54 Å². The average Bonchev–Trinajstić information content (AvgIpc) is 2.95. The Hall–Kier alpha value is -1.55. The van der Waals surface area contributed by atoms with Crippen LogP contribution in [0.4, 0.5) is 0 Å². The number of benzene rings is 1. The molecule has 0 fully saturated rings. The number of aromatic nitrogens is 1. The third kappa shape index (κ3) is 7.92. The van der Waals surface area contributed by atoms with E-state index >= 15 is 0 Å². The van der Waals surface area contributed by atoms with Crippen LogP contribution in [0.2, 0.25) is 0 Å². The highest BCUT2D eigenvalue weighted by Gasteiger charge is 2.08. The van der Waals surface area contributed by atoms with Crippen LogP contribution in [0.5, 0.6) is 11.5 Å². The summed E-state index contributed by atoms with van der Waals surface area (Å²) in [7, 11) is 1.65. The molecule has 0 bridgehead atoms. The summed E-state index contributed by atoms with van der Waals surface area (Å²) in [6.07, 6.45) is -0.0154. The standard InChI is InChI=1S/C19H28N4O2S.HI/c1-6-20-19(22-12-18-14(3)23-15(4)26-18)21-11-13(2)25-17-9-7-8-16(10-17)24-5;/h7-10,13H,6,11-12H2,1-5H3,(H2,20,21,22);1H. The highest BCUT2D eigenvalue weighted by Crippen LogP contribution is 2.20. The van der Waals surface area contributed by atoms with E-state index in [1.807, 2.05) is 45.0 Å². The molecule has 2 rings (SSSR count). The molecule has 1 aromatic carbocycles. The van der Waals surface area contributed by atoms with E-state index in [4.69, 9.17) is 9.47 Å². The number of thiazole rings is 1. The van der Waals surface area contributed by atoms with Crippen molar-refractivity contribution in [2.24, 2.45) is 4.99 Å². The highest BCUT2D eigenvalue weighted by molar-refractivity contribution is 14.0. The van der Waals surface area contributed by atoms with Gasteiger partial charge in [-0.15, -0.1) is 35.3 Å². The van der Waals surface area contributed by atoms with E-state index in [9.17, 15) is 0 Å². The molecule has 27 heavy (non-hydrogen) atoms. The number of guanidine groups is 1. The largest absolute Gasteiger partial charge is 0.497 e. The van der Waals surface area contributed by atoms with Crippen molar-refractivity contribution < 1.29 is 9.47 Å². The first-order valence-corrected chi connectivity index (χ1v) is 9.59. The molecule has 1 heterocycles.